The molecule has 0 N–H and O–H groups in total. The number of piperazine rings is 1. The average molecular weight is 383 g/mol. The van der Waals surface area contributed by atoms with E-state index in [2.05, 4.69) is 10.1 Å². The number of benzene rings is 1. The lowest BCUT2D eigenvalue weighted by Crippen LogP contribution is -2.50. The number of hydrogen-bond acceptors (Lipinski definition) is 4. The van der Waals surface area contributed by atoms with Gasteiger partial charge in [0.2, 0.25) is 11.8 Å². The van der Waals surface area contributed by atoms with Gasteiger partial charge < -0.3 is 9.80 Å². The van der Waals surface area contributed by atoms with E-state index >= 15 is 0 Å². The van der Waals surface area contributed by atoms with Gasteiger partial charge in [0.15, 0.2) is 5.65 Å². The standard InChI is InChI=1S/C20H22FN5O2/c1-12-15(11-18(28)25-9-7-24(8-10-25)14(3)27)13(2)26-20(22-12)19-16(21)5-4-6-17(19)23-26/h4-6H,7-11H2,1-3H3. The lowest BCUT2D eigenvalue weighted by molar-refractivity contribution is -0.138. The van der Waals surface area contributed by atoms with Crippen LogP contribution in [0.15, 0.2) is 18.2 Å². The zero-order valence-corrected chi connectivity index (χ0v) is 16.2. The molecule has 4 rings (SSSR count). The highest BCUT2D eigenvalue weighted by Gasteiger charge is 2.24. The third kappa shape index (κ3) is 2.98. The number of aromatic nitrogens is 3. The van der Waals surface area contributed by atoms with Gasteiger partial charge in [0, 0.05) is 50.1 Å². The summed E-state index contributed by atoms with van der Waals surface area (Å²) < 4.78 is 15.9. The first-order valence-electron chi connectivity index (χ1n) is 9.33. The number of halogens is 1. The van der Waals surface area contributed by atoms with Crippen molar-refractivity contribution < 1.29 is 14.0 Å². The van der Waals surface area contributed by atoms with Crippen molar-refractivity contribution in [2.45, 2.75) is 27.2 Å². The smallest absolute Gasteiger partial charge is 0.227 e. The van der Waals surface area contributed by atoms with Crippen LogP contribution in [0.3, 0.4) is 0 Å². The van der Waals surface area contributed by atoms with Gasteiger partial charge in [-0.3, -0.25) is 9.59 Å². The lowest BCUT2D eigenvalue weighted by Gasteiger charge is -2.34. The molecule has 2 amide bonds. The Bertz CT molecular complexity index is 1100. The third-order valence-corrected chi connectivity index (χ3v) is 5.49. The summed E-state index contributed by atoms with van der Waals surface area (Å²) in [6, 6.07) is 4.77. The van der Waals surface area contributed by atoms with E-state index in [0.29, 0.717) is 48.4 Å². The molecule has 0 radical (unpaired) electrons. The van der Waals surface area contributed by atoms with Gasteiger partial charge in [0.05, 0.1) is 17.3 Å². The SMILES string of the molecule is CC(=O)N1CCN(C(=O)Cc2c(C)nc3c4c(F)cccc4nn3c2C)CC1. The van der Waals surface area contributed by atoms with Crippen LogP contribution in [0.5, 0.6) is 0 Å². The molecular weight excluding hydrogens is 361 g/mol. The first-order valence-corrected chi connectivity index (χ1v) is 9.33. The van der Waals surface area contributed by atoms with E-state index in [0.717, 1.165) is 11.3 Å². The molecule has 2 aromatic heterocycles. The highest BCUT2D eigenvalue weighted by atomic mass is 19.1. The quantitative estimate of drug-likeness (QED) is 0.677. The first-order chi connectivity index (χ1) is 13.4. The topological polar surface area (TPSA) is 70.8 Å². The summed E-state index contributed by atoms with van der Waals surface area (Å²) in [5.41, 5.74) is 3.30. The van der Waals surface area contributed by atoms with Gasteiger partial charge in [-0.1, -0.05) is 6.07 Å². The largest absolute Gasteiger partial charge is 0.339 e. The third-order valence-electron chi connectivity index (χ3n) is 5.49. The van der Waals surface area contributed by atoms with Crippen LogP contribution < -0.4 is 0 Å². The van der Waals surface area contributed by atoms with Crippen molar-refractivity contribution in [3.8, 4) is 0 Å². The maximum atomic E-state index is 14.3. The highest BCUT2D eigenvalue weighted by Crippen LogP contribution is 2.25. The Morgan fingerprint density at radius 2 is 1.79 bits per heavy atom. The van der Waals surface area contributed by atoms with E-state index < -0.39 is 0 Å². The number of aryl methyl sites for hydroxylation is 2. The summed E-state index contributed by atoms with van der Waals surface area (Å²) in [5, 5.41) is 4.87. The van der Waals surface area contributed by atoms with Crippen LogP contribution in [0.4, 0.5) is 4.39 Å². The van der Waals surface area contributed by atoms with E-state index in [1.165, 1.54) is 6.07 Å². The van der Waals surface area contributed by atoms with Crippen molar-refractivity contribution >= 4 is 28.4 Å². The predicted octanol–water partition coefficient (Wildman–Crippen LogP) is 1.87. The second-order valence-corrected chi connectivity index (χ2v) is 7.19. The molecule has 3 aromatic rings. The lowest BCUT2D eigenvalue weighted by atomic mass is 10.1. The number of carbonyl (C=O) groups is 2. The van der Waals surface area contributed by atoms with Crippen LogP contribution in [0.2, 0.25) is 0 Å². The van der Waals surface area contributed by atoms with Crippen molar-refractivity contribution in [1.29, 1.82) is 0 Å². The van der Waals surface area contributed by atoms with E-state index in [4.69, 9.17) is 0 Å². The molecule has 1 aliphatic rings. The Hall–Kier alpha value is -3.03. The summed E-state index contributed by atoms with van der Waals surface area (Å²) in [5.74, 6) is -0.323. The van der Waals surface area contributed by atoms with Gasteiger partial charge in [-0.05, 0) is 26.0 Å². The van der Waals surface area contributed by atoms with Crippen LogP contribution in [0, 0.1) is 19.7 Å². The van der Waals surface area contributed by atoms with Crippen molar-refractivity contribution in [2.75, 3.05) is 26.2 Å². The zero-order valence-electron chi connectivity index (χ0n) is 16.2. The summed E-state index contributed by atoms with van der Waals surface area (Å²) in [6.07, 6.45) is 0.208. The van der Waals surface area contributed by atoms with Crippen LogP contribution in [0.1, 0.15) is 23.9 Å². The number of hydrogen-bond donors (Lipinski definition) is 0. The number of amides is 2. The first kappa shape index (κ1) is 18.3. The minimum absolute atomic E-state index is 0.00144. The minimum Gasteiger partial charge on any atom is -0.339 e. The molecule has 0 bridgehead atoms. The molecule has 1 aromatic carbocycles. The molecule has 1 aliphatic heterocycles. The Kier molecular flexibility index (Phi) is 4.49. The van der Waals surface area contributed by atoms with E-state index in [1.54, 1.807) is 33.4 Å². The Balaban J connectivity index is 1.64. The number of nitrogens with zero attached hydrogens (tertiary/aromatic N) is 5. The fraction of sp³-hybridized carbons (Fsp3) is 0.400. The fourth-order valence-corrected chi connectivity index (χ4v) is 3.82. The molecule has 0 spiro atoms. The predicted molar refractivity (Wildman–Crippen MR) is 102 cm³/mol. The Morgan fingerprint density at radius 3 is 2.46 bits per heavy atom. The summed E-state index contributed by atoms with van der Waals surface area (Å²) >= 11 is 0. The molecule has 146 valence electrons. The molecule has 3 heterocycles. The molecule has 0 unspecified atom stereocenters. The van der Waals surface area contributed by atoms with Gasteiger partial charge in [-0.25, -0.2) is 13.9 Å². The average Bonchev–Trinajstić information content (AvgIpc) is 3.05. The number of rotatable bonds is 2. The van der Waals surface area contributed by atoms with Crippen molar-refractivity contribution in [3.05, 3.63) is 41.0 Å². The summed E-state index contributed by atoms with van der Waals surface area (Å²) in [4.78, 5) is 32.4. The molecule has 1 saturated heterocycles. The van der Waals surface area contributed by atoms with Crippen molar-refractivity contribution in [1.82, 2.24) is 24.4 Å². The molecule has 8 heteroatoms. The van der Waals surface area contributed by atoms with E-state index in [1.807, 2.05) is 13.8 Å². The fourth-order valence-electron chi connectivity index (χ4n) is 3.82. The highest BCUT2D eigenvalue weighted by molar-refractivity contribution is 5.93. The van der Waals surface area contributed by atoms with Crippen LogP contribution in [0.25, 0.3) is 16.6 Å². The van der Waals surface area contributed by atoms with Gasteiger partial charge in [0.25, 0.3) is 0 Å². The molecule has 0 aliphatic carbocycles. The molecule has 7 nitrogen and oxygen atoms in total. The molecule has 1 fully saturated rings. The van der Waals surface area contributed by atoms with Gasteiger partial charge in [-0.15, -0.1) is 0 Å². The summed E-state index contributed by atoms with van der Waals surface area (Å²) in [6.45, 7) is 7.43. The normalized spacial score (nSPS) is 14.9. The maximum absolute atomic E-state index is 14.3. The molecule has 0 saturated carbocycles. The Labute approximate surface area is 161 Å². The minimum atomic E-state index is -0.356. The van der Waals surface area contributed by atoms with E-state index in [9.17, 15) is 14.0 Å². The molecular formula is C20H22FN5O2. The molecule has 28 heavy (non-hydrogen) atoms. The Morgan fingerprint density at radius 1 is 1.11 bits per heavy atom. The maximum Gasteiger partial charge on any atom is 0.227 e. The molecule has 0 atom stereocenters. The van der Waals surface area contributed by atoms with Crippen LogP contribution in [-0.4, -0.2) is 62.4 Å². The summed E-state index contributed by atoms with van der Waals surface area (Å²) in [7, 11) is 0. The number of carbonyl (C=O) groups excluding carboxylic acids is 2. The van der Waals surface area contributed by atoms with Gasteiger partial charge in [-0.2, -0.15) is 5.10 Å². The second-order valence-electron chi connectivity index (χ2n) is 7.19. The second kappa shape index (κ2) is 6.85. The van der Waals surface area contributed by atoms with Crippen molar-refractivity contribution in [2.24, 2.45) is 0 Å². The van der Waals surface area contributed by atoms with E-state index in [-0.39, 0.29) is 24.1 Å². The van der Waals surface area contributed by atoms with Crippen LogP contribution in [-0.2, 0) is 16.0 Å². The van der Waals surface area contributed by atoms with Gasteiger partial charge >= 0.3 is 0 Å². The van der Waals surface area contributed by atoms with Crippen LogP contribution >= 0.6 is 0 Å². The zero-order chi connectivity index (χ0) is 20.0. The monoisotopic (exact) mass is 383 g/mol. The number of fused-ring (bicyclic) bond motifs is 3. The van der Waals surface area contributed by atoms with Gasteiger partial charge in [0.1, 0.15) is 5.82 Å². The van der Waals surface area contributed by atoms with Crippen molar-refractivity contribution in [3.63, 3.8) is 0 Å².